The second kappa shape index (κ2) is 6.39. The molecule has 1 fully saturated rings. The molecule has 1 heterocycles. The number of ether oxygens (including phenoxy) is 1. The molecule has 2 nitrogen and oxygen atoms in total. The fourth-order valence-electron chi connectivity index (χ4n) is 1.95. The molecule has 0 aromatic rings. The smallest absolute Gasteiger partial charge is 0.0710 e. The van der Waals surface area contributed by atoms with E-state index in [1.54, 1.807) is 0 Å². The van der Waals surface area contributed by atoms with Crippen LogP contribution in [0.3, 0.4) is 0 Å². The number of nitrogens with zero attached hydrogens (tertiary/aromatic N) is 1. The fourth-order valence-corrected chi connectivity index (χ4v) is 1.95. The van der Waals surface area contributed by atoms with E-state index in [2.05, 4.69) is 11.8 Å². The van der Waals surface area contributed by atoms with Crippen LogP contribution in [0, 0.1) is 0 Å². The number of methoxy groups -OCH3 is 1. The summed E-state index contributed by atoms with van der Waals surface area (Å²) in [5.41, 5.74) is 0. The van der Waals surface area contributed by atoms with Gasteiger partial charge >= 0.3 is 0 Å². The van der Waals surface area contributed by atoms with Crippen molar-refractivity contribution in [2.45, 2.75) is 45.1 Å². The van der Waals surface area contributed by atoms with Gasteiger partial charge in [-0.25, -0.2) is 0 Å². The van der Waals surface area contributed by atoms with E-state index in [-0.39, 0.29) is 0 Å². The molecular weight excluding hydrogens is 162 g/mol. The summed E-state index contributed by atoms with van der Waals surface area (Å²) in [6.07, 6.45) is 7.22. The van der Waals surface area contributed by atoms with Gasteiger partial charge in [0.2, 0.25) is 0 Å². The number of rotatable bonds is 6. The van der Waals surface area contributed by atoms with Gasteiger partial charge in [0.25, 0.3) is 0 Å². The van der Waals surface area contributed by atoms with Gasteiger partial charge in [-0.3, -0.25) is 0 Å². The lowest BCUT2D eigenvalue weighted by Gasteiger charge is -2.14. The van der Waals surface area contributed by atoms with E-state index in [4.69, 9.17) is 4.74 Å². The van der Waals surface area contributed by atoms with Gasteiger partial charge < -0.3 is 9.64 Å². The monoisotopic (exact) mass is 185 g/mol. The first-order valence-corrected chi connectivity index (χ1v) is 5.62. The highest BCUT2D eigenvalue weighted by atomic mass is 16.5. The Morgan fingerprint density at radius 2 is 2.15 bits per heavy atom. The maximum Gasteiger partial charge on any atom is 0.0710 e. The molecule has 1 saturated heterocycles. The summed E-state index contributed by atoms with van der Waals surface area (Å²) < 4.78 is 5.33. The van der Waals surface area contributed by atoms with Gasteiger partial charge in [-0.2, -0.15) is 0 Å². The Hall–Kier alpha value is -0.0800. The molecule has 0 spiro atoms. The van der Waals surface area contributed by atoms with E-state index in [0.717, 1.165) is 6.54 Å². The Kier molecular flexibility index (Phi) is 5.40. The SMILES string of the molecule is CCCCCCN1CCC(OC)C1. The highest BCUT2D eigenvalue weighted by molar-refractivity contribution is 4.75. The quantitative estimate of drug-likeness (QED) is 0.589. The normalized spacial score (nSPS) is 24.0. The van der Waals surface area contributed by atoms with Crippen LogP contribution in [0.15, 0.2) is 0 Å². The minimum absolute atomic E-state index is 0.506. The predicted octanol–water partition coefficient (Wildman–Crippen LogP) is 2.29. The molecule has 0 saturated carbocycles. The lowest BCUT2D eigenvalue weighted by atomic mass is 10.2. The van der Waals surface area contributed by atoms with E-state index >= 15 is 0 Å². The summed E-state index contributed by atoms with van der Waals surface area (Å²) >= 11 is 0. The molecule has 13 heavy (non-hydrogen) atoms. The van der Waals surface area contributed by atoms with Crippen molar-refractivity contribution in [1.29, 1.82) is 0 Å². The van der Waals surface area contributed by atoms with Crippen molar-refractivity contribution in [2.24, 2.45) is 0 Å². The Morgan fingerprint density at radius 3 is 2.77 bits per heavy atom. The summed E-state index contributed by atoms with van der Waals surface area (Å²) in [7, 11) is 1.82. The van der Waals surface area contributed by atoms with Crippen molar-refractivity contribution in [3.63, 3.8) is 0 Å². The van der Waals surface area contributed by atoms with Crippen molar-refractivity contribution in [3.8, 4) is 0 Å². The van der Waals surface area contributed by atoms with Crippen LogP contribution in [-0.4, -0.2) is 37.7 Å². The summed E-state index contributed by atoms with van der Waals surface area (Å²) in [4.78, 5) is 2.53. The van der Waals surface area contributed by atoms with Crippen LogP contribution in [0.2, 0.25) is 0 Å². The van der Waals surface area contributed by atoms with Crippen LogP contribution < -0.4 is 0 Å². The van der Waals surface area contributed by atoms with E-state index < -0.39 is 0 Å². The zero-order chi connectivity index (χ0) is 9.52. The van der Waals surface area contributed by atoms with Crippen LogP contribution in [0.4, 0.5) is 0 Å². The van der Waals surface area contributed by atoms with E-state index in [0.29, 0.717) is 6.10 Å². The lowest BCUT2D eigenvalue weighted by Crippen LogP contribution is -2.23. The van der Waals surface area contributed by atoms with Gasteiger partial charge in [-0.1, -0.05) is 26.2 Å². The van der Waals surface area contributed by atoms with Gasteiger partial charge in [-0.05, 0) is 19.4 Å². The summed E-state index contributed by atoms with van der Waals surface area (Å²) in [5.74, 6) is 0. The van der Waals surface area contributed by atoms with Gasteiger partial charge in [-0.15, -0.1) is 0 Å². The number of likely N-dealkylation sites (tertiary alicyclic amines) is 1. The Morgan fingerprint density at radius 1 is 1.31 bits per heavy atom. The third kappa shape index (κ3) is 4.10. The maximum atomic E-state index is 5.33. The molecule has 0 aromatic carbocycles. The third-order valence-electron chi connectivity index (χ3n) is 2.89. The molecule has 0 aliphatic carbocycles. The minimum atomic E-state index is 0.506. The van der Waals surface area contributed by atoms with Gasteiger partial charge in [0.05, 0.1) is 6.10 Å². The van der Waals surface area contributed by atoms with Crippen molar-refractivity contribution in [2.75, 3.05) is 26.7 Å². The number of unbranched alkanes of at least 4 members (excludes halogenated alkanes) is 3. The molecule has 1 unspecified atom stereocenters. The first-order chi connectivity index (χ1) is 6.36. The van der Waals surface area contributed by atoms with E-state index in [9.17, 15) is 0 Å². The Labute approximate surface area is 82.3 Å². The van der Waals surface area contributed by atoms with Crippen LogP contribution in [0.5, 0.6) is 0 Å². The molecule has 0 amide bonds. The molecule has 1 atom stereocenters. The predicted molar refractivity (Wildman–Crippen MR) is 56.0 cm³/mol. The average Bonchev–Trinajstić information content (AvgIpc) is 2.60. The summed E-state index contributed by atoms with van der Waals surface area (Å²) in [5, 5.41) is 0. The van der Waals surface area contributed by atoms with Crippen molar-refractivity contribution in [1.82, 2.24) is 4.90 Å². The number of hydrogen-bond acceptors (Lipinski definition) is 2. The summed E-state index contributed by atoms with van der Waals surface area (Å²) in [6.45, 7) is 5.93. The largest absolute Gasteiger partial charge is 0.380 e. The third-order valence-corrected chi connectivity index (χ3v) is 2.89. The molecule has 78 valence electrons. The van der Waals surface area contributed by atoms with Crippen LogP contribution >= 0.6 is 0 Å². The van der Waals surface area contributed by atoms with Crippen LogP contribution in [-0.2, 0) is 4.74 Å². The molecule has 0 bridgehead atoms. The molecular formula is C11H23NO. The van der Waals surface area contributed by atoms with E-state index in [1.807, 2.05) is 7.11 Å². The second-order valence-corrected chi connectivity index (χ2v) is 4.01. The first kappa shape index (κ1) is 11.0. The van der Waals surface area contributed by atoms with Crippen molar-refractivity contribution >= 4 is 0 Å². The van der Waals surface area contributed by atoms with Crippen molar-refractivity contribution in [3.05, 3.63) is 0 Å². The van der Waals surface area contributed by atoms with Gasteiger partial charge in [0, 0.05) is 20.2 Å². The maximum absolute atomic E-state index is 5.33. The fraction of sp³-hybridized carbons (Fsp3) is 1.00. The molecule has 1 aliphatic heterocycles. The Bertz CT molecular complexity index is 127. The topological polar surface area (TPSA) is 12.5 Å². The molecule has 2 heteroatoms. The van der Waals surface area contributed by atoms with Crippen LogP contribution in [0.25, 0.3) is 0 Å². The zero-order valence-electron chi connectivity index (χ0n) is 9.09. The molecule has 0 aromatic heterocycles. The molecule has 0 N–H and O–H groups in total. The average molecular weight is 185 g/mol. The highest BCUT2D eigenvalue weighted by Gasteiger charge is 2.20. The molecule has 0 radical (unpaired) electrons. The zero-order valence-corrected chi connectivity index (χ0v) is 9.09. The first-order valence-electron chi connectivity index (χ1n) is 5.62. The standard InChI is InChI=1S/C11H23NO/c1-3-4-5-6-8-12-9-7-11(10-12)13-2/h11H,3-10H2,1-2H3. The van der Waals surface area contributed by atoms with Gasteiger partial charge in [0.1, 0.15) is 0 Å². The summed E-state index contributed by atoms with van der Waals surface area (Å²) in [6, 6.07) is 0. The number of hydrogen-bond donors (Lipinski definition) is 0. The highest BCUT2D eigenvalue weighted by Crippen LogP contribution is 2.12. The second-order valence-electron chi connectivity index (χ2n) is 4.01. The minimum Gasteiger partial charge on any atom is -0.380 e. The van der Waals surface area contributed by atoms with Crippen LogP contribution in [0.1, 0.15) is 39.0 Å². The molecule has 1 aliphatic rings. The van der Waals surface area contributed by atoms with Crippen molar-refractivity contribution < 1.29 is 4.74 Å². The Balaban J connectivity index is 1.97. The van der Waals surface area contributed by atoms with Gasteiger partial charge in [0.15, 0.2) is 0 Å². The van der Waals surface area contributed by atoms with E-state index in [1.165, 1.54) is 45.2 Å². The molecule has 1 rings (SSSR count). The lowest BCUT2D eigenvalue weighted by molar-refractivity contribution is 0.108.